The highest BCUT2D eigenvalue weighted by molar-refractivity contribution is 6.31. The summed E-state index contributed by atoms with van der Waals surface area (Å²) < 4.78 is 17.0. The van der Waals surface area contributed by atoms with Gasteiger partial charge < -0.3 is 19.5 Å². The minimum Gasteiger partial charge on any atom is -0.493 e. The van der Waals surface area contributed by atoms with E-state index in [1.165, 1.54) is 5.56 Å². The number of hydrogen-bond donors (Lipinski definition) is 1. The fourth-order valence-electron chi connectivity index (χ4n) is 2.65. The van der Waals surface area contributed by atoms with Crippen molar-refractivity contribution in [2.24, 2.45) is 0 Å². The standard InChI is InChI=1S/C22H30ClNO3/c1-16(2)26-11-7-10-24-14-19-12-21(25-4)22(13-20(19)23)27-15-18-9-6-5-8-17(18)3/h5-6,8-9,12-13,16,24H,7,10-11,14-15H2,1-4H3. The summed E-state index contributed by atoms with van der Waals surface area (Å²) in [6, 6.07) is 11.9. The van der Waals surface area contributed by atoms with Crippen LogP contribution in [-0.2, 0) is 17.9 Å². The Bertz CT molecular complexity index is 719. The third kappa shape index (κ3) is 7.06. The van der Waals surface area contributed by atoms with Crippen LogP contribution in [0.5, 0.6) is 11.5 Å². The molecule has 0 fully saturated rings. The van der Waals surface area contributed by atoms with Gasteiger partial charge in [-0.3, -0.25) is 0 Å². The lowest BCUT2D eigenvalue weighted by atomic mass is 10.1. The molecule has 0 bridgehead atoms. The molecular formula is C22H30ClNO3. The third-order valence-corrected chi connectivity index (χ3v) is 4.59. The van der Waals surface area contributed by atoms with E-state index in [1.807, 2.05) is 38.1 Å². The van der Waals surface area contributed by atoms with Crippen LogP contribution in [-0.4, -0.2) is 26.4 Å². The van der Waals surface area contributed by atoms with Gasteiger partial charge in [-0.15, -0.1) is 0 Å². The van der Waals surface area contributed by atoms with Gasteiger partial charge in [-0.25, -0.2) is 0 Å². The Kier molecular flexibility index (Phi) is 8.92. The van der Waals surface area contributed by atoms with Gasteiger partial charge in [-0.2, -0.15) is 0 Å². The van der Waals surface area contributed by atoms with E-state index < -0.39 is 0 Å². The number of halogens is 1. The first-order valence-corrected chi connectivity index (χ1v) is 9.75. The lowest BCUT2D eigenvalue weighted by Crippen LogP contribution is -2.17. The molecule has 0 atom stereocenters. The second-order valence-electron chi connectivity index (χ2n) is 6.76. The molecule has 5 heteroatoms. The largest absolute Gasteiger partial charge is 0.493 e. The van der Waals surface area contributed by atoms with E-state index in [0.29, 0.717) is 29.7 Å². The summed E-state index contributed by atoms with van der Waals surface area (Å²) in [4.78, 5) is 0. The first kappa shape index (κ1) is 21.5. The van der Waals surface area contributed by atoms with Gasteiger partial charge in [0, 0.05) is 24.2 Å². The van der Waals surface area contributed by atoms with Gasteiger partial charge in [0.1, 0.15) is 6.61 Å². The number of aryl methyl sites for hydroxylation is 1. The maximum Gasteiger partial charge on any atom is 0.163 e. The van der Waals surface area contributed by atoms with Gasteiger partial charge in [-0.1, -0.05) is 35.9 Å². The molecule has 0 amide bonds. The van der Waals surface area contributed by atoms with Crippen molar-refractivity contribution < 1.29 is 14.2 Å². The quantitative estimate of drug-likeness (QED) is 0.538. The van der Waals surface area contributed by atoms with Crippen molar-refractivity contribution in [2.45, 2.75) is 46.4 Å². The maximum atomic E-state index is 6.45. The van der Waals surface area contributed by atoms with Gasteiger partial charge in [-0.05, 0) is 56.5 Å². The van der Waals surface area contributed by atoms with E-state index >= 15 is 0 Å². The highest BCUT2D eigenvalue weighted by Gasteiger charge is 2.11. The number of ether oxygens (including phenoxy) is 3. The van der Waals surface area contributed by atoms with Crippen LogP contribution < -0.4 is 14.8 Å². The minimum atomic E-state index is 0.274. The number of nitrogens with one attached hydrogen (secondary N) is 1. The predicted molar refractivity (Wildman–Crippen MR) is 111 cm³/mol. The van der Waals surface area contributed by atoms with Crippen molar-refractivity contribution in [3.63, 3.8) is 0 Å². The van der Waals surface area contributed by atoms with Crippen molar-refractivity contribution >= 4 is 11.6 Å². The van der Waals surface area contributed by atoms with Gasteiger partial charge in [0.25, 0.3) is 0 Å². The molecule has 27 heavy (non-hydrogen) atoms. The molecule has 2 aromatic carbocycles. The molecule has 0 aliphatic rings. The van der Waals surface area contributed by atoms with E-state index in [4.69, 9.17) is 25.8 Å². The Labute approximate surface area is 167 Å². The molecule has 0 unspecified atom stereocenters. The zero-order valence-corrected chi connectivity index (χ0v) is 17.4. The Hall–Kier alpha value is -1.75. The molecule has 0 aliphatic heterocycles. The van der Waals surface area contributed by atoms with Gasteiger partial charge in [0.05, 0.1) is 13.2 Å². The molecule has 0 aliphatic carbocycles. The topological polar surface area (TPSA) is 39.7 Å². The Morgan fingerprint density at radius 1 is 1.07 bits per heavy atom. The Morgan fingerprint density at radius 2 is 1.85 bits per heavy atom. The van der Waals surface area contributed by atoms with Gasteiger partial charge >= 0.3 is 0 Å². The lowest BCUT2D eigenvalue weighted by Gasteiger charge is -2.15. The molecule has 148 valence electrons. The molecule has 1 N–H and O–H groups in total. The maximum absolute atomic E-state index is 6.45. The average molecular weight is 392 g/mol. The summed E-state index contributed by atoms with van der Waals surface area (Å²) >= 11 is 6.45. The molecule has 0 spiro atoms. The van der Waals surface area contributed by atoms with Crippen LogP contribution in [0.4, 0.5) is 0 Å². The van der Waals surface area contributed by atoms with Crippen LogP contribution in [0.2, 0.25) is 5.02 Å². The van der Waals surface area contributed by atoms with Crippen LogP contribution >= 0.6 is 11.6 Å². The van der Waals surface area contributed by atoms with E-state index in [2.05, 4.69) is 24.4 Å². The van der Waals surface area contributed by atoms with Crippen molar-refractivity contribution in [2.75, 3.05) is 20.3 Å². The fourth-order valence-corrected chi connectivity index (χ4v) is 2.87. The van der Waals surface area contributed by atoms with Crippen LogP contribution in [0.15, 0.2) is 36.4 Å². The highest BCUT2D eigenvalue weighted by Crippen LogP contribution is 2.34. The molecule has 0 saturated carbocycles. The average Bonchev–Trinajstić information content (AvgIpc) is 2.64. The monoisotopic (exact) mass is 391 g/mol. The van der Waals surface area contributed by atoms with Crippen molar-refractivity contribution in [1.82, 2.24) is 5.32 Å². The van der Waals surface area contributed by atoms with E-state index in [-0.39, 0.29) is 6.10 Å². The normalized spacial score (nSPS) is 11.0. The molecule has 2 rings (SSSR count). The Morgan fingerprint density at radius 3 is 2.56 bits per heavy atom. The second kappa shape index (κ2) is 11.2. The SMILES string of the molecule is COc1cc(CNCCCOC(C)C)c(Cl)cc1OCc1ccccc1C. The van der Waals surface area contributed by atoms with Crippen LogP contribution in [0.25, 0.3) is 0 Å². The smallest absolute Gasteiger partial charge is 0.163 e. The zero-order chi connectivity index (χ0) is 19.6. The first-order chi connectivity index (χ1) is 13.0. The first-order valence-electron chi connectivity index (χ1n) is 9.37. The summed E-state index contributed by atoms with van der Waals surface area (Å²) in [6.45, 7) is 8.94. The molecule has 0 heterocycles. The number of benzene rings is 2. The fraction of sp³-hybridized carbons (Fsp3) is 0.455. The predicted octanol–water partition coefficient (Wildman–Crippen LogP) is 5.14. The molecule has 0 radical (unpaired) electrons. The van der Waals surface area contributed by atoms with Crippen molar-refractivity contribution in [3.05, 3.63) is 58.1 Å². The van der Waals surface area contributed by atoms with Gasteiger partial charge in [0.2, 0.25) is 0 Å². The van der Waals surface area contributed by atoms with Crippen LogP contribution in [0, 0.1) is 6.92 Å². The molecule has 0 aromatic heterocycles. The molecular weight excluding hydrogens is 362 g/mol. The third-order valence-electron chi connectivity index (χ3n) is 4.24. The summed E-state index contributed by atoms with van der Waals surface area (Å²) in [5, 5.41) is 4.06. The second-order valence-corrected chi connectivity index (χ2v) is 7.17. The molecule has 0 saturated heterocycles. The van der Waals surface area contributed by atoms with E-state index in [1.54, 1.807) is 7.11 Å². The molecule has 4 nitrogen and oxygen atoms in total. The number of hydrogen-bond acceptors (Lipinski definition) is 4. The van der Waals surface area contributed by atoms with Crippen LogP contribution in [0.3, 0.4) is 0 Å². The van der Waals surface area contributed by atoms with E-state index in [9.17, 15) is 0 Å². The van der Waals surface area contributed by atoms with Crippen LogP contribution in [0.1, 0.15) is 37.0 Å². The Balaban J connectivity index is 1.92. The highest BCUT2D eigenvalue weighted by atomic mass is 35.5. The lowest BCUT2D eigenvalue weighted by molar-refractivity contribution is 0.0770. The minimum absolute atomic E-state index is 0.274. The summed E-state index contributed by atoms with van der Waals surface area (Å²) in [5.74, 6) is 1.34. The summed E-state index contributed by atoms with van der Waals surface area (Å²) in [6.07, 6.45) is 1.24. The zero-order valence-electron chi connectivity index (χ0n) is 16.7. The number of rotatable bonds is 11. The van der Waals surface area contributed by atoms with E-state index in [0.717, 1.165) is 30.7 Å². The van der Waals surface area contributed by atoms with Crippen molar-refractivity contribution in [1.29, 1.82) is 0 Å². The number of methoxy groups -OCH3 is 1. The van der Waals surface area contributed by atoms with Gasteiger partial charge in [0.15, 0.2) is 11.5 Å². The summed E-state index contributed by atoms with van der Waals surface area (Å²) in [7, 11) is 1.64. The molecule has 2 aromatic rings. The summed E-state index contributed by atoms with van der Waals surface area (Å²) in [5.41, 5.74) is 3.33. The van der Waals surface area contributed by atoms with Crippen molar-refractivity contribution in [3.8, 4) is 11.5 Å².